The summed E-state index contributed by atoms with van der Waals surface area (Å²) in [7, 11) is 1.49. The first-order valence-corrected chi connectivity index (χ1v) is 16.1. The Morgan fingerprint density at radius 1 is 0.894 bits per heavy atom. The molecular formula is C34H24F3N3O5S2. The van der Waals surface area contributed by atoms with Crippen molar-refractivity contribution < 1.29 is 32.3 Å². The molecule has 1 aromatic heterocycles. The van der Waals surface area contributed by atoms with E-state index in [4.69, 9.17) is 4.74 Å². The molecule has 3 heterocycles. The molecule has 7 rings (SSSR count). The Kier molecular flexibility index (Phi) is 7.68. The second-order valence-electron chi connectivity index (χ2n) is 11.1. The molecule has 47 heavy (non-hydrogen) atoms. The summed E-state index contributed by atoms with van der Waals surface area (Å²) in [5.74, 6) is -3.52. The monoisotopic (exact) mass is 675 g/mol. The van der Waals surface area contributed by atoms with Crippen molar-refractivity contribution in [2.45, 2.75) is 28.9 Å². The SMILES string of the molecule is COc1ccc([C@@H]2c3sc(=O)n(CC(=O)Nc4ccc5ccccc5c4)c3S[C@H]3C(=O)N(c4ccccc4C(F)(F)F)C(=O)[C@@H]23)cc1. The molecule has 5 aromatic rings. The number of nitrogens with zero attached hydrogens (tertiary/aromatic N) is 2. The van der Waals surface area contributed by atoms with Crippen molar-refractivity contribution in [2.24, 2.45) is 5.92 Å². The van der Waals surface area contributed by atoms with Crippen LogP contribution in [-0.4, -0.2) is 34.6 Å². The van der Waals surface area contributed by atoms with Crippen molar-refractivity contribution in [2.75, 3.05) is 17.3 Å². The number of para-hydroxylation sites is 1. The maximum absolute atomic E-state index is 14.1. The Hall–Kier alpha value is -4.88. The number of hydrogen-bond donors (Lipinski definition) is 1. The summed E-state index contributed by atoms with van der Waals surface area (Å²) in [6, 6.07) is 24.3. The molecule has 1 saturated heterocycles. The Morgan fingerprint density at radius 3 is 2.32 bits per heavy atom. The van der Waals surface area contributed by atoms with Crippen LogP contribution in [0.5, 0.6) is 5.75 Å². The van der Waals surface area contributed by atoms with E-state index in [-0.39, 0.29) is 6.54 Å². The average Bonchev–Trinajstić information content (AvgIpc) is 3.50. The fourth-order valence-corrected chi connectivity index (χ4v) is 8.96. The summed E-state index contributed by atoms with van der Waals surface area (Å²) < 4.78 is 48.6. The number of benzene rings is 4. The molecule has 1 N–H and O–H groups in total. The highest BCUT2D eigenvalue weighted by Gasteiger charge is 2.57. The molecule has 0 saturated carbocycles. The highest BCUT2D eigenvalue weighted by molar-refractivity contribution is 8.00. The lowest BCUT2D eigenvalue weighted by atomic mass is 9.83. The molecule has 1 fully saturated rings. The molecular weight excluding hydrogens is 652 g/mol. The van der Waals surface area contributed by atoms with Crippen LogP contribution < -0.4 is 19.8 Å². The number of nitrogens with one attached hydrogen (secondary N) is 1. The Balaban J connectivity index is 1.28. The van der Waals surface area contributed by atoms with Crippen LogP contribution >= 0.6 is 23.1 Å². The number of imide groups is 1. The van der Waals surface area contributed by atoms with Crippen LogP contribution in [0.25, 0.3) is 10.8 Å². The van der Waals surface area contributed by atoms with Gasteiger partial charge in [-0.25, -0.2) is 4.90 Å². The van der Waals surface area contributed by atoms with Crippen molar-refractivity contribution in [1.82, 2.24) is 4.57 Å². The fraction of sp³-hybridized carbons (Fsp3) is 0.176. The lowest BCUT2D eigenvalue weighted by Crippen LogP contribution is -2.33. The van der Waals surface area contributed by atoms with Gasteiger partial charge in [-0.05, 0) is 52.7 Å². The van der Waals surface area contributed by atoms with Gasteiger partial charge in [0.05, 0.1) is 29.3 Å². The normalized spacial score (nSPS) is 19.1. The molecule has 2 aliphatic rings. The summed E-state index contributed by atoms with van der Waals surface area (Å²) in [6.07, 6.45) is -4.81. The number of rotatable bonds is 6. The van der Waals surface area contributed by atoms with Crippen LogP contribution in [0.15, 0.2) is 101 Å². The number of aromatic nitrogens is 1. The molecule has 0 radical (unpaired) electrons. The van der Waals surface area contributed by atoms with E-state index >= 15 is 0 Å². The summed E-state index contributed by atoms with van der Waals surface area (Å²) in [4.78, 5) is 55.3. The zero-order valence-electron chi connectivity index (χ0n) is 24.5. The third kappa shape index (κ3) is 5.38. The molecule has 3 amide bonds. The molecule has 0 spiro atoms. The van der Waals surface area contributed by atoms with E-state index in [9.17, 15) is 32.3 Å². The van der Waals surface area contributed by atoms with Crippen LogP contribution in [0.1, 0.15) is 21.9 Å². The zero-order chi connectivity index (χ0) is 33.0. The van der Waals surface area contributed by atoms with Gasteiger partial charge < -0.3 is 10.1 Å². The number of carbonyl (C=O) groups excluding carboxylic acids is 3. The Morgan fingerprint density at radius 2 is 1.60 bits per heavy atom. The number of ether oxygens (including phenoxy) is 1. The van der Waals surface area contributed by atoms with E-state index < -0.39 is 57.1 Å². The summed E-state index contributed by atoms with van der Waals surface area (Å²) in [5.41, 5.74) is -0.550. The smallest absolute Gasteiger partial charge is 0.418 e. The van der Waals surface area contributed by atoms with Gasteiger partial charge in [-0.2, -0.15) is 13.2 Å². The number of thioether (sulfide) groups is 1. The number of halogens is 3. The molecule has 13 heteroatoms. The largest absolute Gasteiger partial charge is 0.497 e. The van der Waals surface area contributed by atoms with E-state index in [1.807, 2.05) is 36.4 Å². The molecule has 4 aromatic carbocycles. The lowest BCUT2D eigenvalue weighted by Gasteiger charge is -2.30. The van der Waals surface area contributed by atoms with Gasteiger partial charge in [0, 0.05) is 16.5 Å². The molecule has 3 atom stereocenters. The number of amides is 3. The molecule has 238 valence electrons. The summed E-state index contributed by atoms with van der Waals surface area (Å²) in [5, 5.41) is 3.91. The van der Waals surface area contributed by atoms with Gasteiger partial charge in [0.25, 0.3) is 0 Å². The highest BCUT2D eigenvalue weighted by atomic mass is 32.2. The number of hydrogen-bond acceptors (Lipinski definition) is 7. The third-order valence-electron chi connectivity index (χ3n) is 8.31. The highest BCUT2D eigenvalue weighted by Crippen LogP contribution is 2.54. The van der Waals surface area contributed by atoms with E-state index in [2.05, 4.69) is 5.32 Å². The topological polar surface area (TPSA) is 97.7 Å². The number of methoxy groups -OCH3 is 1. The predicted molar refractivity (Wildman–Crippen MR) is 173 cm³/mol. The number of alkyl halides is 3. The fourth-order valence-electron chi connectivity index (χ4n) is 6.18. The first-order chi connectivity index (χ1) is 22.5. The van der Waals surface area contributed by atoms with Crippen molar-refractivity contribution >= 4 is 63.0 Å². The molecule has 8 nitrogen and oxygen atoms in total. The van der Waals surface area contributed by atoms with E-state index in [0.717, 1.165) is 46.0 Å². The van der Waals surface area contributed by atoms with E-state index in [1.54, 1.807) is 30.3 Å². The minimum absolute atomic E-state index is 0.322. The van der Waals surface area contributed by atoms with Gasteiger partial charge >= 0.3 is 11.0 Å². The maximum Gasteiger partial charge on any atom is 0.418 e. The van der Waals surface area contributed by atoms with Crippen molar-refractivity contribution in [1.29, 1.82) is 0 Å². The van der Waals surface area contributed by atoms with E-state index in [1.165, 1.54) is 23.8 Å². The zero-order valence-corrected chi connectivity index (χ0v) is 26.1. The van der Waals surface area contributed by atoms with Crippen molar-refractivity contribution in [3.63, 3.8) is 0 Å². The second kappa shape index (κ2) is 11.7. The third-order valence-corrected chi connectivity index (χ3v) is 10.9. The first kappa shape index (κ1) is 30.8. The van der Waals surface area contributed by atoms with Gasteiger partial charge in [0.1, 0.15) is 17.5 Å². The number of anilines is 2. The minimum Gasteiger partial charge on any atom is -0.497 e. The van der Waals surface area contributed by atoms with Crippen LogP contribution in [0.4, 0.5) is 24.5 Å². The first-order valence-electron chi connectivity index (χ1n) is 14.4. The number of thiazole rings is 1. The quantitative estimate of drug-likeness (QED) is 0.206. The van der Waals surface area contributed by atoms with Crippen LogP contribution in [0.3, 0.4) is 0 Å². The molecule has 0 aliphatic carbocycles. The number of carbonyl (C=O) groups is 3. The maximum atomic E-state index is 14.1. The predicted octanol–water partition coefficient (Wildman–Crippen LogP) is 6.52. The molecule has 0 bridgehead atoms. The van der Waals surface area contributed by atoms with Gasteiger partial charge in [-0.1, -0.05) is 77.7 Å². The van der Waals surface area contributed by atoms with Crippen LogP contribution in [0, 0.1) is 5.92 Å². The van der Waals surface area contributed by atoms with Crippen molar-refractivity contribution in [3.05, 3.63) is 117 Å². The average molecular weight is 676 g/mol. The summed E-state index contributed by atoms with van der Waals surface area (Å²) >= 11 is 1.78. The van der Waals surface area contributed by atoms with Crippen LogP contribution in [0.2, 0.25) is 0 Å². The van der Waals surface area contributed by atoms with Crippen LogP contribution in [-0.2, 0) is 27.1 Å². The van der Waals surface area contributed by atoms with Gasteiger partial charge in [0.2, 0.25) is 17.7 Å². The van der Waals surface area contributed by atoms with Gasteiger partial charge in [0.15, 0.2) is 0 Å². The lowest BCUT2D eigenvalue weighted by molar-refractivity contribution is -0.137. The van der Waals surface area contributed by atoms with Gasteiger partial charge in [-0.15, -0.1) is 0 Å². The number of fused-ring (bicyclic) bond motifs is 3. The second-order valence-corrected chi connectivity index (χ2v) is 13.2. The van der Waals surface area contributed by atoms with Gasteiger partial charge in [-0.3, -0.25) is 23.7 Å². The standard InChI is InChI=1S/C34H24F3N3O5S2/c1-45-22-14-11-19(12-15-22)26-27-28(31(43)40(30(27)42)24-9-5-4-8-23(24)34(35,36)37)46-32-29(26)47-33(44)39(32)17-25(41)38-21-13-10-18-6-2-3-7-20(18)16-21/h2-16,26-28H,17H2,1H3,(H,38,41)/t26-,27-,28+/m0/s1. The molecule has 0 unspecified atom stereocenters. The summed E-state index contributed by atoms with van der Waals surface area (Å²) in [6.45, 7) is -0.375. The Bertz CT molecular complexity index is 2130. The van der Waals surface area contributed by atoms with E-state index in [0.29, 0.717) is 31.8 Å². The minimum atomic E-state index is -4.81. The molecule has 2 aliphatic heterocycles. The Labute approximate surface area is 273 Å². The van der Waals surface area contributed by atoms with Crippen molar-refractivity contribution in [3.8, 4) is 5.75 Å².